The van der Waals surface area contributed by atoms with E-state index in [1.807, 2.05) is 24.8 Å². The molecule has 0 bridgehead atoms. The number of carbonyl (C=O) groups excluding carboxylic acids is 1. The molecule has 0 aromatic carbocycles. The van der Waals surface area contributed by atoms with Crippen LogP contribution in [0.1, 0.15) is 40.5 Å². The summed E-state index contributed by atoms with van der Waals surface area (Å²) in [4.78, 5) is 29.8. The summed E-state index contributed by atoms with van der Waals surface area (Å²) in [5.74, 6) is 2.11. The fourth-order valence-corrected chi connectivity index (χ4v) is 3.52. The van der Waals surface area contributed by atoms with E-state index in [0.717, 1.165) is 44.6 Å². The van der Waals surface area contributed by atoms with Crippen LogP contribution in [0, 0.1) is 5.92 Å². The van der Waals surface area contributed by atoms with Crippen LogP contribution in [-0.4, -0.2) is 85.3 Å². The largest absolute Gasteiger partial charge is 0.378 e. The van der Waals surface area contributed by atoms with Crippen molar-refractivity contribution in [3.63, 3.8) is 0 Å². The number of carbonyl (C=O) groups is 1. The number of hydrogen-bond donors (Lipinski definition) is 2. The molecule has 1 atom stereocenters. The van der Waals surface area contributed by atoms with Gasteiger partial charge in [0.25, 0.3) is 0 Å². The van der Waals surface area contributed by atoms with Crippen molar-refractivity contribution in [2.45, 2.75) is 46.6 Å². The van der Waals surface area contributed by atoms with E-state index in [1.54, 1.807) is 12.4 Å². The lowest BCUT2D eigenvalue weighted by atomic mass is 10.0. The Morgan fingerprint density at radius 1 is 1.16 bits per heavy atom. The fourth-order valence-electron chi connectivity index (χ4n) is 3.52. The lowest BCUT2D eigenvalue weighted by Crippen LogP contribution is -2.50. The van der Waals surface area contributed by atoms with E-state index in [4.69, 9.17) is 4.74 Å². The molecule has 2 N–H and O–H groups in total. The molecule has 1 aliphatic heterocycles. The number of guanidine groups is 1. The predicted octanol–water partition coefficient (Wildman–Crippen LogP) is 1.52. The van der Waals surface area contributed by atoms with Gasteiger partial charge in [0, 0.05) is 71.2 Å². The van der Waals surface area contributed by atoms with Crippen LogP contribution in [0.4, 0.5) is 5.95 Å². The second-order valence-electron chi connectivity index (χ2n) is 7.88. The van der Waals surface area contributed by atoms with E-state index in [1.165, 1.54) is 0 Å². The Balaban J connectivity index is 1.72. The third kappa shape index (κ3) is 8.69. The van der Waals surface area contributed by atoms with Gasteiger partial charge >= 0.3 is 0 Å². The van der Waals surface area contributed by atoms with Gasteiger partial charge in [0.1, 0.15) is 0 Å². The van der Waals surface area contributed by atoms with Crippen LogP contribution < -0.4 is 15.5 Å². The average molecular weight is 434 g/mol. The van der Waals surface area contributed by atoms with Crippen molar-refractivity contribution in [2.75, 3.05) is 57.3 Å². The summed E-state index contributed by atoms with van der Waals surface area (Å²) in [6.07, 6.45) is 5.04. The molecular formula is C22H39N7O2. The van der Waals surface area contributed by atoms with Gasteiger partial charge in [-0.1, -0.05) is 13.8 Å². The monoisotopic (exact) mass is 433 g/mol. The summed E-state index contributed by atoms with van der Waals surface area (Å²) in [5.41, 5.74) is 0. The Bertz CT molecular complexity index is 661. The molecule has 1 aromatic heterocycles. The first kappa shape index (κ1) is 24.8. The summed E-state index contributed by atoms with van der Waals surface area (Å²) in [7, 11) is 0. The highest BCUT2D eigenvalue weighted by Gasteiger charge is 2.22. The van der Waals surface area contributed by atoms with Crippen LogP contribution in [0.15, 0.2) is 23.5 Å². The highest BCUT2D eigenvalue weighted by atomic mass is 16.5. The van der Waals surface area contributed by atoms with Crippen LogP contribution >= 0.6 is 0 Å². The minimum absolute atomic E-state index is 0.160. The van der Waals surface area contributed by atoms with Gasteiger partial charge in [0.05, 0.1) is 6.10 Å². The van der Waals surface area contributed by atoms with E-state index in [9.17, 15) is 4.79 Å². The van der Waals surface area contributed by atoms with Gasteiger partial charge in [0.2, 0.25) is 11.9 Å². The summed E-state index contributed by atoms with van der Waals surface area (Å²) in [6.45, 7) is 14.1. The molecule has 1 unspecified atom stereocenters. The molecule has 1 fully saturated rings. The predicted molar refractivity (Wildman–Crippen MR) is 124 cm³/mol. The van der Waals surface area contributed by atoms with Gasteiger partial charge in [-0.3, -0.25) is 9.79 Å². The second kappa shape index (κ2) is 13.8. The molecule has 1 saturated heterocycles. The number of piperazine rings is 1. The fraction of sp³-hybridized carbons (Fsp3) is 0.727. The van der Waals surface area contributed by atoms with Gasteiger partial charge < -0.3 is 25.2 Å². The maximum atomic E-state index is 12.6. The van der Waals surface area contributed by atoms with E-state index in [2.05, 4.69) is 44.3 Å². The number of anilines is 1. The minimum atomic E-state index is 0.160. The first-order chi connectivity index (χ1) is 15.0. The minimum Gasteiger partial charge on any atom is -0.378 e. The van der Waals surface area contributed by atoms with E-state index < -0.39 is 0 Å². The molecule has 9 heteroatoms. The number of hydrogen-bond acceptors (Lipinski definition) is 6. The van der Waals surface area contributed by atoms with Gasteiger partial charge in [-0.25, -0.2) is 9.97 Å². The zero-order valence-electron chi connectivity index (χ0n) is 19.5. The first-order valence-electron chi connectivity index (χ1n) is 11.5. The molecule has 2 rings (SSSR count). The van der Waals surface area contributed by atoms with E-state index >= 15 is 0 Å². The lowest BCUT2D eigenvalue weighted by molar-refractivity contribution is -0.131. The molecule has 174 valence electrons. The number of aliphatic imine (C=N–C) groups is 1. The lowest BCUT2D eigenvalue weighted by Gasteiger charge is -2.34. The molecule has 1 aliphatic rings. The summed E-state index contributed by atoms with van der Waals surface area (Å²) >= 11 is 0. The van der Waals surface area contributed by atoms with Crippen LogP contribution in [0.2, 0.25) is 0 Å². The van der Waals surface area contributed by atoms with Crippen LogP contribution in [-0.2, 0) is 9.53 Å². The molecule has 9 nitrogen and oxygen atoms in total. The number of aromatic nitrogens is 2. The number of amides is 1. The van der Waals surface area contributed by atoms with Crippen molar-refractivity contribution in [3.8, 4) is 0 Å². The van der Waals surface area contributed by atoms with Gasteiger partial charge in [-0.05, 0) is 32.3 Å². The summed E-state index contributed by atoms with van der Waals surface area (Å²) in [5, 5.41) is 6.53. The van der Waals surface area contributed by atoms with Gasteiger partial charge in [-0.15, -0.1) is 0 Å². The normalized spacial score (nSPS) is 15.8. The Labute approximate surface area is 186 Å². The Morgan fingerprint density at radius 2 is 1.87 bits per heavy atom. The number of ether oxygens (including phenoxy) is 1. The Hall–Kier alpha value is -2.42. The van der Waals surface area contributed by atoms with Gasteiger partial charge in [0.15, 0.2) is 5.96 Å². The van der Waals surface area contributed by atoms with E-state index in [-0.39, 0.29) is 12.0 Å². The zero-order valence-corrected chi connectivity index (χ0v) is 19.5. The number of nitrogens with one attached hydrogen (secondary N) is 2. The average Bonchev–Trinajstić information content (AvgIpc) is 2.79. The first-order valence-corrected chi connectivity index (χ1v) is 11.5. The quantitative estimate of drug-likeness (QED) is 0.404. The van der Waals surface area contributed by atoms with Crippen molar-refractivity contribution in [1.29, 1.82) is 0 Å². The SMILES string of the molecule is CCNC(=NCCC(OCC)C(C)C)NCCC(=O)N1CCN(c2ncccn2)CC1. The molecular weight excluding hydrogens is 394 g/mol. The smallest absolute Gasteiger partial charge is 0.225 e. The molecule has 31 heavy (non-hydrogen) atoms. The van der Waals surface area contributed by atoms with Crippen molar-refractivity contribution in [2.24, 2.45) is 10.9 Å². The van der Waals surface area contributed by atoms with Crippen molar-refractivity contribution < 1.29 is 9.53 Å². The van der Waals surface area contributed by atoms with Crippen LogP contribution in [0.3, 0.4) is 0 Å². The summed E-state index contributed by atoms with van der Waals surface area (Å²) < 4.78 is 5.79. The maximum Gasteiger partial charge on any atom is 0.225 e. The Morgan fingerprint density at radius 3 is 2.48 bits per heavy atom. The third-order valence-electron chi connectivity index (χ3n) is 5.25. The molecule has 0 spiro atoms. The summed E-state index contributed by atoms with van der Waals surface area (Å²) in [6, 6.07) is 1.81. The maximum absolute atomic E-state index is 12.6. The highest BCUT2D eigenvalue weighted by Crippen LogP contribution is 2.11. The molecule has 1 aromatic rings. The Kier molecular flexibility index (Phi) is 11.1. The standard InChI is InChI=1S/C22H39N7O2/c1-5-23-21(24-12-8-19(18(3)4)31-6-2)25-13-9-20(30)28-14-16-29(17-15-28)22-26-10-7-11-27-22/h7,10-11,18-19H,5-6,8-9,12-17H2,1-4H3,(H2,23,24,25). The van der Waals surface area contributed by atoms with Crippen LogP contribution in [0.25, 0.3) is 0 Å². The van der Waals surface area contributed by atoms with Crippen molar-refractivity contribution in [3.05, 3.63) is 18.5 Å². The van der Waals surface area contributed by atoms with E-state index in [0.29, 0.717) is 38.5 Å². The molecule has 0 aliphatic carbocycles. The molecule has 0 saturated carbocycles. The topological polar surface area (TPSA) is 95.0 Å². The van der Waals surface area contributed by atoms with Crippen LogP contribution in [0.5, 0.6) is 0 Å². The van der Waals surface area contributed by atoms with Crippen molar-refractivity contribution >= 4 is 17.8 Å². The molecule has 2 heterocycles. The second-order valence-corrected chi connectivity index (χ2v) is 7.88. The highest BCUT2D eigenvalue weighted by molar-refractivity contribution is 5.81. The molecule has 0 radical (unpaired) electrons. The zero-order chi connectivity index (χ0) is 22.5. The number of rotatable bonds is 11. The third-order valence-corrected chi connectivity index (χ3v) is 5.25. The van der Waals surface area contributed by atoms with Crippen molar-refractivity contribution in [1.82, 2.24) is 25.5 Å². The number of nitrogens with zero attached hydrogens (tertiary/aromatic N) is 5. The molecule has 1 amide bonds. The van der Waals surface area contributed by atoms with Gasteiger partial charge in [-0.2, -0.15) is 0 Å².